The van der Waals surface area contributed by atoms with Crippen molar-refractivity contribution in [2.75, 3.05) is 106 Å². The van der Waals surface area contributed by atoms with Gasteiger partial charge in [-0.3, -0.25) is 0 Å². The molecule has 0 rings (SSSR count). The molecule has 0 saturated heterocycles. The summed E-state index contributed by atoms with van der Waals surface area (Å²) in [5.74, 6) is 0. The molecular formula is C24H45F6NO12. The molecule has 260 valence electrons. The Morgan fingerprint density at radius 2 is 0.953 bits per heavy atom. The van der Waals surface area contributed by atoms with Crippen LogP contribution in [0.3, 0.4) is 0 Å². The molecule has 0 aromatic heterocycles. The predicted molar refractivity (Wildman–Crippen MR) is 135 cm³/mol. The molecule has 43 heavy (non-hydrogen) atoms. The average Bonchev–Trinajstić information content (AvgIpc) is 2.89. The van der Waals surface area contributed by atoms with E-state index in [1.54, 1.807) is 0 Å². The zero-order chi connectivity index (χ0) is 32.8. The van der Waals surface area contributed by atoms with E-state index in [-0.39, 0.29) is 46.2 Å². The van der Waals surface area contributed by atoms with Gasteiger partial charge in [0, 0.05) is 6.54 Å². The number of rotatable bonds is 30. The van der Waals surface area contributed by atoms with Crippen LogP contribution in [-0.4, -0.2) is 168 Å². The number of nitrogens with zero attached hydrogens (tertiary/aromatic N) is 1. The highest BCUT2D eigenvalue weighted by Crippen LogP contribution is 2.33. The highest BCUT2D eigenvalue weighted by atomic mass is 19.3. The van der Waals surface area contributed by atoms with Crippen molar-refractivity contribution in [2.45, 2.75) is 50.7 Å². The molecule has 0 aliphatic carbocycles. The highest BCUT2D eigenvalue weighted by molar-refractivity contribution is 4.60. The Balaban J connectivity index is 4.05. The molecule has 0 fully saturated rings. The molecule has 0 spiro atoms. The fourth-order valence-corrected chi connectivity index (χ4v) is 2.99. The van der Waals surface area contributed by atoms with Crippen LogP contribution >= 0.6 is 0 Å². The van der Waals surface area contributed by atoms with Crippen LogP contribution in [0.2, 0.25) is 0 Å². The molecule has 4 N–H and O–H groups in total. The van der Waals surface area contributed by atoms with Gasteiger partial charge in [-0.15, -0.1) is 8.78 Å². The molecule has 0 aromatic rings. The first kappa shape index (κ1) is 42.1. The Morgan fingerprint density at radius 1 is 0.558 bits per heavy atom. The number of halogens is 6. The maximum Gasteiger partial charge on any atom is 0.495 e. The summed E-state index contributed by atoms with van der Waals surface area (Å²) in [6, 6.07) is 0. The summed E-state index contributed by atoms with van der Waals surface area (Å²) in [6.07, 6.45) is -18.5. The van der Waals surface area contributed by atoms with Gasteiger partial charge in [-0.05, 0) is 13.1 Å². The minimum Gasteiger partial charge on any atom is -0.394 e. The highest BCUT2D eigenvalue weighted by Gasteiger charge is 2.52. The van der Waals surface area contributed by atoms with E-state index < -0.39 is 69.9 Å². The van der Waals surface area contributed by atoms with Crippen LogP contribution < -0.4 is 0 Å². The second-order valence-electron chi connectivity index (χ2n) is 8.98. The molecule has 13 nitrogen and oxygen atoms in total. The number of alkyl halides is 6. The molecule has 0 bridgehead atoms. The quantitative estimate of drug-likeness (QED) is 0.0476. The minimum atomic E-state index is -5.45. The maximum absolute atomic E-state index is 13.6. The third-order valence-corrected chi connectivity index (χ3v) is 4.99. The third kappa shape index (κ3) is 25.0. The van der Waals surface area contributed by atoms with Gasteiger partial charge in [-0.25, -0.2) is 9.47 Å². The lowest BCUT2D eigenvalue weighted by molar-refractivity contribution is -0.518. The topological polar surface area (TPSA) is 158 Å². The van der Waals surface area contributed by atoms with E-state index in [1.165, 1.54) is 0 Å². The van der Waals surface area contributed by atoms with Gasteiger partial charge in [0.1, 0.15) is 31.5 Å². The van der Waals surface area contributed by atoms with E-state index in [9.17, 15) is 41.7 Å². The van der Waals surface area contributed by atoms with Crippen LogP contribution in [0, 0.1) is 0 Å². The fraction of sp³-hybridized carbons (Fsp3) is 1.00. The van der Waals surface area contributed by atoms with Crippen molar-refractivity contribution in [1.82, 2.24) is 4.90 Å². The first-order chi connectivity index (χ1) is 20.1. The molecular weight excluding hydrogens is 608 g/mol. The number of likely N-dealkylation sites (N-methyl/N-ethyl adjacent to an activating group) is 1. The molecule has 0 aromatic carbocycles. The number of hydrogen-bond acceptors (Lipinski definition) is 13. The number of ether oxygens (including phenoxy) is 8. The smallest absolute Gasteiger partial charge is 0.394 e. The van der Waals surface area contributed by atoms with Crippen LogP contribution in [0.25, 0.3) is 0 Å². The lowest BCUT2D eigenvalue weighted by Crippen LogP contribution is -2.44. The first-order valence-corrected chi connectivity index (χ1v) is 13.5. The second-order valence-corrected chi connectivity index (χ2v) is 8.98. The van der Waals surface area contributed by atoms with Crippen LogP contribution in [0.15, 0.2) is 0 Å². The average molecular weight is 654 g/mol. The summed E-state index contributed by atoms with van der Waals surface area (Å²) < 4.78 is 116. The van der Waals surface area contributed by atoms with Gasteiger partial charge in [0.15, 0.2) is 0 Å². The Hall–Kier alpha value is -0.940. The molecule has 0 radical (unpaired) electrons. The van der Waals surface area contributed by atoms with Gasteiger partial charge in [-0.2, -0.15) is 17.6 Å². The minimum absolute atomic E-state index is 0.0446. The van der Waals surface area contributed by atoms with Crippen molar-refractivity contribution in [3.05, 3.63) is 0 Å². The standard InChI is InChI=1S/C24H45F6NO12/c1-3-31(4-2)5-7-36-11-19(33)14-40-15-20(34)13-38-9-10-39-17-22(25,26)42-24(29,30)43-23(27,28)18-41-16-21(35)12-37-8-6-32/h19-21,32-35H,3-18H2,1-2H3. The largest absolute Gasteiger partial charge is 0.495 e. The summed E-state index contributed by atoms with van der Waals surface area (Å²) in [6.45, 7) is 0.179. The molecule has 0 heterocycles. The van der Waals surface area contributed by atoms with Crippen molar-refractivity contribution in [3.8, 4) is 0 Å². The Morgan fingerprint density at radius 3 is 1.44 bits per heavy atom. The molecule has 19 heteroatoms. The predicted octanol–water partition coefficient (Wildman–Crippen LogP) is 0.272. The fourth-order valence-electron chi connectivity index (χ4n) is 2.99. The van der Waals surface area contributed by atoms with Gasteiger partial charge >= 0.3 is 18.5 Å². The summed E-state index contributed by atoms with van der Waals surface area (Å²) in [5, 5.41) is 37.5. The number of aliphatic hydroxyl groups is 4. The Bertz CT molecular complexity index is 670. The maximum atomic E-state index is 13.6. The normalized spacial score (nSPS) is 15.3. The molecule has 3 unspecified atom stereocenters. The monoisotopic (exact) mass is 653 g/mol. The van der Waals surface area contributed by atoms with Gasteiger partial charge < -0.3 is 53.7 Å². The SMILES string of the molecule is CCN(CC)CCOCC(O)COCC(O)COCCOCC(F)(F)OC(F)(F)OC(F)(F)COCC(O)COCCO. The summed E-state index contributed by atoms with van der Waals surface area (Å²) in [7, 11) is 0. The van der Waals surface area contributed by atoms with E-state index in [0.29, 0.717) is 6.61 Å². The van der Waals surface area contributed by atoms with Crippen LogP contribution in [0.4, 0.5) is 26.3 Å². The van der Waals surface area contributed by atoms with Crippen LogP contribution in [-0.2, 0) is 37.9 Å². The van der Waals surface area contributed by atoms with Gasteiger partial charge in [0.05, 0.1) is 72.7 Å². The summed E-state index contributed by atoms with van der Waals surface area (Å²) in [5.41, 5.74) is 0. The van der Waals surface area contributed by atoms with E-state index in [1.807, 2.05) is 13.8 Å². The van der Waals surface area contributed by atoms with Crippen molar-refractivity contribution in [1.29, 1.82) is 0 Å². The van der Waals surface area contributed by atoms with Crippen molar-refractivity contribution in [2.24, 2.45) is 0 Å². The molecule has 0 aliphatic rings. The van der Waals surface area contributed by atoms with E-state index in [2.05, 4.69) is 23.8 Å². The lowest BCUT2D eigenvalue weighted by atomic mass is 10.4. The van der Waals surface area contributed by atoms with Crippen molar-refractivity contribution < 1.29 is 84.7 Å². The molecule has 3 atom stereocenters. The van der Waals surface area contributed by atoms with E-state index >= 15 is 0 Å². The number of hydrogen-bond donors (Lipinski definition) is 4. The Labute approximate surface area is 246 Å². The lowest BCUT2D eigenvalue weighted by Gasteiger charge is -2.26. The van der Waals surface area contributed by atoms with Gasteiger partial charge in [-0.1, -0.05) is 13.8 Å². The molecule has 0 aliphatic heterocycles. The van der Waals surface area contributed by atoms with Crippen LogP contribution in [0.5, 0.6) is 0 Å². The van der Waals surface area contributed by atoms with Gasteiger partial charge in [0.25, 0.3) is 0 Å². The summed E-state index contributed by atoms with van der Waals surface area (Å²) in [4.78, 5) is 2.15. The molecule has 0 amide bonds. The first-order valence-electron chi connectivity index (χ1n) is 13.5. The summed E-state index contributed by atoms with van der Waals surface area (Å²) >= 11 is 0. The van der Waals surface area contributed by atoms with Crippen molar-refractivity contribution in [3.63, 3.8) is 0 Å². The van der Waals surface area contributed by atoms with Crippen molar-refractivity contribution >= 4 is 0 Å². The number of aliphatic hydroxyl groups excluding tert-OH is 4. The van der Waals surface area contributed by atoms with E-state index in [4.69, 9.17) is 24.1 Å². The zero-order valence-corrected chi connectivity index (χ0v) is 24.3. The third-order valence-electron chi connectivity index (χ3n) is 4.99. The second kappa shape index (κ2) is 23.4. The van der Waals surface area contributed by atoms with Crippen LogP contribution in [0.1, 0.15) is 13.8 Å². The molecule has 0 saturated carbocycles. The zero-order valence-electron chi connectivity index (χ0n) is 24.3. The van der Waals surface area contributed by atoms with E-state index in [0.717, 1.165) is 19.6 Å². The Kier molecular flexibility index (Phi) is 22.9. The van der Waals surface area contributed by atoms with Gasteiger partial charge in [0.2, 0.25) is 0 Å².